The molecule has 0 aliphatic heterocycles. The van der Waals surface area contributed by atoms with Crippen LogP contribution in [-0.4, -0.2) is 76.6 Å². The minimum absolute atomic E-state index is 0.136. The first kappa shape index (κ1) is 16.7. The van der Waals surface area contributed by atoms with Crippen LogP contribution in [0.1, 0.15) is 13.3 Å². The second-order valence-corrected chi connectivity index (χ2v) is 3.85. The molecule has 0 aromatic rings. The predicted molar refractivity (Wildman–Crippen MR) is 58.2 cm³/mol. The Bertz CT molecular complexity index is 162. The molecule has 17 heavy (non-hydrogen) atoms. The van der Waals surface area contributed by atoms with Gasteiger partial charge in [0.05, 0.1) is 32.5 Å². The van der Waals surface area contributed by atoms with Gasteiger partial charge in [-0.2, -0.15) is 0 Å². The highest BCUT2D eigenvalue weighted by atomic mass is 16.7. The van der Waals surface area contributed by atoms with Gasteiger partial charge in [0.15, 0.2) is 6.29 Å². The number of aliphatic hydroxyl groups excluding tert-OH is 5. The summed E-state index contributed by atoms with van der Waals surface area (Å²) >= 11 is 0. The van der Waals surface area contributed by atoms with Crippen molar-refractivity contribution in [3.8, 4) is 0 Å². The van der Waals surface area contributed by atoms with Crippen LogP contribution in [0.4, 0.5) is 0 Å². The van der Waals surface area contributed by atoms with Gasteiger partial charge in [-0.15, -0.1) is 0 Å². The summed E-state index contributed by atoms with van der Waals surface area (Å²) in [5, 5.41) is 44.5. The summed E-state index contributed by atoms with van der Waals surface area (Å²) in [5.74, 6) is 0. The first-order valence-corrected chi connectivity index (χ1v) is 5.48. The Labute approximate surface area is 100 Å². The molecule has 0 saturated carbocycles. The van der Waals surface area contributed by atoms with Crippen molar-refractivity contribution in [2.75, 3.05) is 26.4 Å². The summed E-state index contributed by atoms with van der Waals surface area (Å²) in [6.07, 6.45) is -3.35. The summed E-state index contributed by atoms with van der Waals surface area (Å²) in [5.41, 5.74) is 0. The van der Waals surface area contributed by atoms with Crippen molar-refractivity contribution in [1.82, 2.24) is 0 Å². The Hall–Kier alpha value is -0.280. The molecule has 3 atom stereocenters. The lowest BCUT2D eigenvalue weighted by atomic mass is 10.3. The first-order chi connectivity index (χ1) is 7.99. The largest absolute Gasteiger partial charge is 0.394 e. The van der Waals surface area contributed by atoms with E-state index in [1.165, 1.54) is 0 Å². The summed E-state index contributed by atoms with van der Waals surface area (Å²) in [4.78, 5) is 0. The van der Waals surface area contributed by atoms with Crippen molar-refractivity contribution in [3.63, 3.8) is 0 Å². The lowest BCUT2D eigenvalue weighted by Crippen LogP contribution is -2.31. The molecule has 7 heteroatoms. The second-order valence-electron chi connectivity index (χ2n) is 3.85. The minimum Gasteiger partial charge on any atom is -0.394 e. The van der Waals surface area contributed by atoms with Crippen molar-refractivity contribution in [3.05, 3.63) is 0 Å². The van der Waals surface area contributed by atoms with Crippen LogP contribution in [0.15, 0.2) is 0 Å². The Morgan fingerprint density at radius 2 is 1.29 bits per heavy atom. The molecule has 0 heterocycles. The molecule has 0 aromatic carbocycles. The van der Waals surface area contributed by atoms with Crippen LogP contribution in [0.5, 0.6) is 0 Å². The van der Waals surface area contributed by atoms with Crippen molar-refractivity contribution in [2.24, 2.45) is 0 Å². The van der Waals surface area contributed by atoms with E-state index in [2.05, 4.69) is 0 Å². The van der Waals surface area contributed by atoms with Crippen LogP contribution in [0.2, 0.25) is 0 Å². The van der Waals surface area contributed by atoms with Gasteiger partial charge in [0, 0.05) is 6.42 Å². The molecule has 3 unspecified atom stereocenters. The molecule has 0 fully saturated rings. The van der Waals surface area contributed by atoms with Gasteiger partial charge >= 0.3 is 0 Å². The van der Waals surface area contributed by atoms with E-state index in [4.69, 9.17) is 29.9 Å². The van der Waals surface area contributed by atoms with Gasteiger partial charge < -0.3 is 35.0 Å². The highest BCUT2D eigenvalue weighted by Crippen LogP contribution is 2.06. The molecule has 0 rings (SSSR count). The SMILES string of the molecule is CC(O)CC(OCC(O)CO)OCC(O)CO. The normalized spacial score (nSPS) is 18.7. The van der Waals surface area contributed by atoms with Crippen LogP contribution < -0.4 is 0 Å². The van der Waals surface area contributed by atoms with E-state index in [9.17, 15) is 5.11 Å². The van der Waals surface area contributed by atoms with Gasteiger partial charge in [-0.25, -0.2) is 0 Å². The van der Waals surface area contributed by atoms with Gasteiger partial charge in [-0.3, -0.25) is 0 Å². The second kappa shape index (κ2) is 9.72. The maximum absolute atomic E-state index is 9.18. The fourth-order valence-electron chi connectivity index (χ4n) is 1.00. The van der Waals surface area contributed by atoms with E-state index in [1.807, 2.05) is 0 Å². The topological polar surface area (TPSA) is 120 Å². The number of rotatable bonds is 10. The number of aliphatic hydroxyl groups is 5. The third-order valence-corrected chi connectivity index (χ3v) is 1.90. The van der Waals surface area contributed by atoms with E-state index in [-0.39, 0.29) is 19.6 Å². The molecule has 0 aromatic heterocycles. The van der Waals surface area contributed by atoms with E-state index >= 15 is 0 Å². The zero-order valence-corrected chi connectivity index (χ0v) is 9.90. The lowest BCUT2D eigenvalue weighted by Gasteiger charge is -2.22. The Morgan fingerprint density at radius 1 is 0.882 bits per heavy atom. The molecule has 0 aliphatic rings. The van der Waals surface area contributed by atoms with Crippen LogP contribution in [0.3, 0.4) is 0 Å². The third kappa shape index (κ3) is 9.42. The summed E-state index contributed by atoms with van der Waals surface area (Å²) in [6.45, 7) is 0.415. The molecular formula is C10H22O7. The molecule has 0 radical (unpaired) electrons. The molecule has 5 N–H and O–H groups in total. The van der Waals surface area contributed by atoms with Gasteiger partial charge in [-0.1, -0.05) is 0 Å². The first-order valence-electron chi connectivity index (χ1n) is 5.48. The standard InChI is InChI=1S/C10H22O7/c1-7(13)2-10(16-5-8(14)3-11)17-6-9(15)4-12/h7-15H,2-6H2,1H3. The number of ether oxygens (including phenoxy) is 2. The van der Waals surface area contributed by atoms with E-state index in [0.717, 1.165) is 0 Å². The zero-order chi connectivity index (χ0) is 13.3. The molecule has 7 nitrogen and oxygen atoms in total. The van der Waals surface area contributed by atoms with Crippen LogP contribution in [0.25, 0.3) is 0 Å². The summed E-state index contributed by atoms with van der Waals surface area (Å²) in [7, 11) is 0. The molecule has 0 amide bonds. The quantitative estimate of drug-likeness (QED) is 0.281. The van der Waals surface area contributed by atoms with Crippen molar-refractivity contribution < 1.29 is 35.0 Å². The van der Waals surface area contributed by atoms with Crippen LogP contribution in [0, 0.1) is 0 Å². The van der Waals surface area contributed by atoms with Crippen molar-refractivity contribution >= 4 is 0 Å². The van der Waals surface area contributed by atoms with E-state index in [0.29, 0.717) is 0 Å². The van der Waals surface area contributed by atoms with Gasteiger partial charge in [0.1, 0.15) is 12.2 Å². The predicted octanol–water partition coefficient (Wildman–Crippen LogP) is -2.18. The smallest absolute Gasteiger partial charge is 0.160 e. The van der Waals surface area contributed by atoms with Gasteiger partial charge in [0.2, 0.25) is 0 Å². The average Bonchev–Trinajstić information content (AvgIpc) is 2.30. The van der Waals surface area contributed by atoms with Crippen LogP contribution >= 0.6 is 0 Å². The average molecular weight is 254 g/mol. The fraction of sp³-hybridized carbons (Fsp3) is 1.00. The Morgan fingerprint density at radius 3 is 1.59 bits per heavy atom. The molecule has 104 valence electrons. The molecular weight excluding hydrogens is 232 g/mol. The Balaban J connectivity index is 3.96. The monoisotopic (exact) mass is 254 g/mol. The number of hydrogen-bond donors (Lipinski definition) is 5. The maximum Gasteiger partial charge on any atom is 0.160 e. The number of hydrogen-bond acceptors (Lipinski definition) is 7. The summed E-state index contributed by atoms with van der Waals surface area (Å²) in [6, 6.07) is 0. The maximum atomic E-state index is 9.18. The molecule has 0 aliphatic carbocycles. The summed E-state index contributed by atoms with van der Waals surface area (Å²) < 4.78 is 10.2. The van der Waals surface area contributed by atoms with Crippen molar-refractivity contribution in [1.29, 1.82) is 0 Å². The van der Waals surface area contributed by atoms with Crippen molar-refractivity contribution in [2.45, 2.75) is 37.9 Å². The molecule has 0 saturated heterocycles. The van der Waals surface area contributed by atoms with Gasteiger partial charge in [0.25, 0.3) is 0 Å². The molecule has 0 spiro atoms. The van der Waals surface area contributed by atoms with E-state index in [1.54, 1.807) is 6.92 Å². The minimum atomic E-state index is -1.02. The van der Waals surface area contributed by atoms with E-state index < -0.39 is 37.8 Å². The third-order valence-electron chi connectivity index (χ3n) is 1.90. The lowest BCUT2D eigenvalue weighted by molar-refractivity contribution is -0.185. The molecule has 0 bridgehead atoms. The Kier molecular flexibility index (Phi) is 9.56. The highest BCUT2D eigenvalue weighted by molar-refractivity contribution is 4.57. The zero-order valence-electron chi connectivity index (χ0n) is 9.90. The highest BCUT2D eigenvalue weighted by Gasteiger charge is 2.16. The fourth-order valence-corrected chi connectivity index (χ4v) is 1.00. The van der Waals surface area contributed by atoms with Crippen LogP contribution in [-0.2, 0) is 9.47 Å². The van der Waals surface area contributed by atoms with Gasteiger partial charge in [-0.05, 0) is 6.92 Å².